The zero-order valence-electron chi connectivity index (χ0n) is 14.6. The smallest absolute Gasteiger partial charge is 0.172 e. The van der Waals surface area contributed by atoms with Gasteiger partial charge in [0.05, 0.1) is 0 Å². The third kappa shape index (κ3) is 5.91. The van der Waals surface area contributed by atoms with Gasteiger partial charge in [0.25, 0.3) is 0 Å². The molecule has 1 aromatic carbocycles. The van der Waals surface area contributed by atoms with Crippen LogP contribution in [0.5, 0.6) is 5.75 Å². The van der Waals surface area contributed by atoms with E-state index in [1.165, 1.54) is 5.56 Å². The molecule has 0 amide bonds. The molecule has 0 aliphatic heterocycles. The molecule has 0 saturated carbocycles. The largest absolute Gasteiger partial charge is 0.486 e. The quantitative estimate of drug-likeness (QED) is 0.736. The molecule has 0 radical (unpaired) electrons. The number of carbonyl (C=O) groups is 1. The number of ether oxygens (including phenoxy) is 1. The van der Waals surface area contributed by atoms with Gasteiger partial charge in [-0.25, -0.2) is 0 Å². The van der Waals surface area contributed by atoms with Crippen molar-refractivity contribution in [3.05, 3.63) is 29.8 Å². The standard InChI is InChI=1S/C19H30O2/c1-14(2)17(20)12-21-16-10-8-15(9-11-16)19(6,7)13-18(3,4)5/h8-11,14H,12-13H2,1-7H3. The molecule has 0 N–H and O–H groups in total. The highest BCUT2D eigenvalue weighted by atomic mass is 16.5. The molecule has 0 aliphatic carbocycles. The Bertz CT molecular complexity index is 461. The van der Waals surface area contributed by atoms with Gasteiger partial charge >= 0.3 is 0 Å². The van der Waals surface area contributed by atoms with Crippen molar-refractivity contribution >= 4 is 5.78 Å². The van der Waals surface area contributed by atoms with E-state index < -0.39 is 0 Å². The zero-order chi connectivity index (χ0) is 16.3. The lowest BCUT2D eigenvalue weighted by Crippen LogP contribution is -2.24. The summed E-state index contributed by atoms with van der Waals surface area (Å²) in [6.45, 7) is 15.3. The van der Waals surface area contributed by atoms with E-state index in [4.69, 9.17) is 4.74 Å². The van der Waals surface area contributed by atoms with Gasteiger partial charge in [-0.05, 0) is 34.9 Å². The van der Waals surface area contributed by atoms with E-state index in [9.17, 15) is 4.79 Å². The first-order valence-electron chi connectivity index (χ1n) is 7.77. The van der Waals surface area contributed by atoms with Crippen molar-refractivity contribution < 1.29 is 9.53 Å². The fourth-order valence-electron chi connectivity index (χ4n) is 2.75. The van der Waals surface area contributed by atoms with Crippen molar-refractivity contribution in [2.75, 3.05) is 6.61 Å². The Kier molecular flexibility index (Phi) is 5.61. The molecule has 0 spiro atoms. The van der Waals surface area contributed by atoms with Gasteiger partial charge in [0, 0.05) is 5.92 Å². The average Bonchev–Trinajstić information content (AvgIpc) is 2.33. The van der Waals surface area contributed by atoms with E-state index in [0.717, 1.165) is 12.2 Å². The predicted molar refractivity (Wildman–Crippen MR) is 88.9 cm³/mol. The zero-order valence-corrected chi connectivity index (χ0v) is 14.6. The van der Waals surface area contributed by atoms with E-state index in [1.807, 2.05) is 26.0 Å². The number of Topliss-reactive ketones (excluding diaryl/α,β-unsaturated/α-hetero) is 1. The van der Waals surface area contributed by atoms with Crippen molar-refractivity contribution in [2.45, 2.75) is 60.3 Å². The molecule has 21 heavy (non-hydrogen) atoms. The molecule has 0 fully saturated rings. The fourth-order valence-corrected chi connectivity index (χ4v) is 2.75. The first-order chi connectivity index (χ1) is 9.51. The van der Waals surface area contributed by atoms with E-state index in [1.54, 1.807) is 0 Å². The molecule has 0 heterocycles. The summed E-state index contributed by atoms with van der Waals surface area (Å²) in [6.07, 6.45) is 1.12. The number of carbonyl (C=O) groups excluding carboxylic acids is 1. The maximum absolute atomic E-state index is 11.6. The summed E-state index contributed by atoms with van der Waals surface area (Å²) >= 11 is 0. The van der Waals surface area contributed by atoms with Crippen LogP contribution in [0.3, 0.4) is 0 Å². The van der Waals surface area contributed by atoms with E-state index in [-0.39, 0.29) is 23.7 Å². The third-order valence-corrected chi connectivity index (χ3v) is 3.63. The number of benzene rings is 1. The second kappa shape index (κ2) is 6.64. The van der Waals surface area contributed by atoms with Gasteiger partial charge < -0.3 is 4.74 Å². The summed E-state index contributed by atoms with van der Waals surface area (Å²) in [5.74, 6) is 0.918. The van der Waals surface area contributed by atoms with Crippen LogP contribution < -0.4 is 4.74 Å². The molecule has 2 nitrogen and oxygen atoms in total. The Balaban J connectivity index is 2.71. The molecular weight excluding hydrogens is 260 g/mol. The molecular formula is C19H30O2. The monoisotopic (exact) mass is 290 g/mol. The molecule has 1 aromatic rings. The number of rotatable bonds is 6. The Hall–Kier alpha value is -1.31. The summed E-state index contributed by atoms with van der Waals surface area (Å²) in [5.41, 5.74) is 1.73. The van der Waals surface area contributed by atoms with E-state index in [2.05, 4.69) is 46.8 Å². The fraction of sp³-hybridized carbons (Fsp3) is 0.632. The summed E-state index contributed by atoms with van der Waals surface area (Å²) in [7, 11) is 0. The van der Waals surface area contributed by atoms with Crippen LogP contribution in [0.2, 0.25) is 0 Å². The minimum Gasteiger partial charge on any atom is -0.486 e. The van der Waals surface area contributed by atoms with Crippen molar-refractivity contribution in [3.63, 3.8) is 0 Å². The highest BCUT2D eigenvalue weighted by molar-refractivity contribution is 5.81. The minimum absolute atomic E-state index is 0.0231. The number of ketones is 1. The van der Waals surface area contributed by atoms with E-state index in [0.29, 0.717) is 5.41 Å². The van der Waals surface area contributed by atoms with Gasteiger partial charge in [0.15, 0.2) is 5.78 Å². The van der Waals surface area contributed by atoms with Gasteiger partial charge in [0.1, 0.15) is 12.4 Å². The summed E-state index contributed by atoms with van der Waals surface area (Å²) < 4.78 is 5.55. The Morgan fingerprint density at radius 2 is 1.57 bits per heavy atom. The lowest BCUT2D eigenvalue weighted by atomic mass is 9.72. The van der Waals surface area contributed by atoms with Crippen molar-refractivity contribution in [2.24, 2.45) is 11.3 Å². The normalized spacial score (nSPS) is 12.6. The summed E-state index contributed by atoms with van der Waals surface area (Å²) in [4.78, 5) is 11.6. The number of hydrogen-bond acceptors (Lipinski definition) is 2. The lowest BCUT2D eigenvalue weighted by Gasteiger charge is -2.33. The van der Waals surface area contributed by atoms with Crippen LogP contribution in [-0.4, -0.2) is 12.4 Å². The highest BCUT2D eigenvalue weighted by Gasteiger charge is 2.27. The maximum atomic E-state index is 11.6. The predicted octanol–water partition coefficient (Wildman–Crippen LogP) is 5.00. The van der Waals surface area contributed by atoms with Gasteiger partial charge in [0.2, 0.25) is 0 Å². The molecule has 0 unspecified atom stereocenters. The molecule has 0 aliphatic rings. The van der Waals surface area contributed by atoms with Crippen LogP contribution >= 0.6 is 0 Å². The summed E-state index contributed by atoms with van der Waals surface area (Å²) in [5, 5.41) is 0. The van der Waals surface area contributed by atoms with Crippen molar-refractivity contribution in [3.8, 4) is 5.75 Å². The van der Waals surface area contributed by atoms with Crippen LogP contribution in [0.4, 0.5) is 0 Å². The molecule has 118 valence electrons. The molecule has 0 aromatic heterocycles. The second-order valence-electron chi connectivity index (χ2n) is 8.06. The Morgan fingerprint density at radius 3 is 2.00 bits per heavy atom. The lowest BCUT2D eigenvalue weighted by molar-refractivity contribution is -0.123. The molecule has 0 atom stereocenters. The van der Waals surface area contributed by atoms with Crippen LogP contribution in [0.15, 0.2) is 24.3 Å². The van der Waals surface area contributed by atoms with Crippen LogP contribution in [-0.2, 0) is 10.2 Å². The van der Waals surface area contributed by atoms with Crippen molar-refractivity contribution in [1.29, 1.82) is 0 Å². The third-order valence-electron chi connectivity index (χ3n) is 3.63. The molecule has 2 heteroatoms. The first-order valence-corrected chi connectivity index (χ1v) is 7.77. The second-order valence-corrected chi connectivity index (χ2v) is 8.06. The van der Waals surface area contributed by atoms with Crippen LogP contribution in [0.1, 0.15) is 60.5 Å². The van der Waals surface area contributed by atoms with Crippen LogP contribution in [0.25, 0.3) is 0 Å². The van der Waals surface area contributed by atoms with Gasteiger partial charge in [-0.2, -0.15) is 0 Å². The Labute approximate surface area is 129 Å². The van der Waals surface area contributed by atoms with Gasteiger partial charge in [-0.1, -0.05) is 60.6 Å². The number of hydrogen-bond donors (Lipinski definition) is 0. The minimum atomic E-state index is 0.0231. The Morgan fingerprint density at radius 1 is 1.05 bits per heavy atom. The summed E-state index contributed by atoms with van der Waals surface area (Å²) in [6, 6.07) is 8.16. The SMILES string of the molecule is CC(C)C(=O)COc1ccc(C(C)(C)CC(C)(C)C)cc1. The highest BCUT2D eigenvalue weighted by Crippen LogP contribution is 2.36. The van der Waals surface area contributed by atoms with Gasteiger partial charge in [-0.3, -0.25) is 4.79 Å². The average molecular weight is 290 g/mol. The molecule has 0 saturated heterocycles. The van der Waals surface area contributed by atoms with Crippen molar-refractivity contribution in [1.82, 2.24) is 0 Å². The topological polar surface area (TPSA) is 26.3 Å². The van der Waals surface area contributed by atoms with Crippen LogP contribution in [0, 0.1) is 11.3 Å². The first kappa shape index (κ1) is 17.7. The molecule has 1 rings (SSSR count). The molecule has 0 bridgehead atoms. The van der Waals surface area contributed by atoms with E-state index >= 15 is 0 Å². The van der Waals surface area contributed by atoms with Gasteiger partial charge in [-0.15, -0.1) is 0 Å². The maximum Gasteiger partial charge on any atom is 0.172 e.